The molecule has 24 heavy (non-hydrogen) atoms. The van der Waals surface area contributed by atoms with Crippen molar-refractivity contribution in [1.82, 2.24) is 10.2 Å². The third kappa shape index (κ3) is 4.48. The van der Waals surface area contributed by atoms with Crippen molar-refractivity contribution >= 4 is 5.91 Å². The average Bonchev–Trinajstić information content (AvgIpc) is 3.19. The first-order chi connectivity index (χ1) is 11.8. The second kappa shape index (κ2) is 8.49. The van der Waals surface area contributed by atoms with Crippen LogP contribution in [0.3, 0.4) is 0 Å². The van der Waals surface area contributed by atoms with E-state index < -0.39 is 0 Å². The Balaban J connectivity index is 1.32. The van der Waals surface area contributed by atoms with Crippen molar-refractivity contribution < 1.29 is 14.3 Å². The SMILES string of the molecule is COCCc1ccc(OCCCC(=O)N2C[C@H]3CNC[C@H]3C2)cc1. The summed E-state index contributed by atoms with van der Waals surface area (Å²) in [5.74, 6) is 2.48. The molecule has 1 aromatic rings. The highest BCUT2D eigenvalue weighted by Gasteiger charge is 2.37. The minimum atomic E-state index is 0.280. The number of carbonyl (C=O) groups is 1. The summed E-state index contributed by atoms with van der Waals surface area (Å²) < 4.78 is 10.8. The van der Waals surface area contributed by atoms with E-state index in [0.717, 1.165) is 51.4 Å². The van der Waals surface area contributed by atoms with Gasteiger partial charge in [-0.25, -0.2) is 0 Å². The van der Waals surface area contributed by atoms with Crippen molar-refractivity contribution in [2.75, 3.05) is 46.5 Å². The summed E-state index contributed by atoms with van der Waals surface area (Å²) in [4.78, 5) is 14.3. The third-order valence-corrected chi connectivity index (χ3v) is 5.06. The second-order valence-corrected chi connectivity index (χ2v) is 6.82. The summed E-state index contributed by atoms with van der Waals surface area (Å²) in [7, 11) is 1.71. The summed E-state index contributed by atoms with van der Waals surface area (Å²) >= 11 is 0. The molecule has 3 rings (SSSR count). The minimum Gasteiger partial charge on any atom is -0.494 e. The normalized spacial score (nSPS) is 22.6. The van der Waals surface area contributed by atoms with Crippen molar-refractivity contribution in [1.29, 1.82) is 0 Å². The summed E-state index contributed by atoms with van der Waals surface area (Å²) in [6.07, 6.45) is 2.27. The lowest BCUT2D eigenvalue weighted by atomic mass is 10.0. The van der Waals surface area contributed by atoms with Gasteiger partial charge in [-0.15, -0.1) is 0 Å². The summed E-state index contributed by atoms with van der Waals surface area (Å²) in [6.45, 7) is 5.32. The van der Waals surface area contributed by atoms with Gasteiger partial charge in [-0.3, -0.25) is 4.79 Å². The zero-order chi connectivity index (χ0) is 16.8. The Kier molecular flexibility index (Phi) is 6.10. The van der Waals surface area contributed by atoms with Gasteiger partial charge in [0.15, 0.2) is 0 Å². The van der Waals surface area contributed by atoms with Crippen LogP contribution in [-0.2, 0) is 16.0 Å². The van der Waals surface area contributed by atoms with Crippen LogP contribution in [0.2, 0.25) is 0 Å². The fraction of sp³-hybridized carbons (Fsp3) is 0.632. The van der Waals surface area contributed by atoms with E-state index >= 15 is 0 Å². The number of benzene rings is 1. The average molecular weight is 332 g/mol. The Morgan fingerprint density at radius 1 is 1.17 bits per heavy atom. The molecule has 1 amide bonds. The number of fused-ring (bicyclic) bond motifs is 1. The van der Waals surface area contributed by atoms with E-state index in [1.54, 1.807) is 7.11 Å². The van der Waals surface area contributed by atoms with Gasteiger partial charge in [-0.2, -0.15) is 0 Å². The number of methoxy groups -OCH3 is 1. The molecule has 0 saturated carbocycles. The quantitative estimate of drug-likeness (QED) is 0.737. The van der Waals surface area contributed by atoms with Crippen molar-refractivity contribution in [3.05, 3.63) is 29.8 Å². The Hall–Kier alpha value is -1.59. The number of ether oxygens (including phenoxy) is 2. The van der Waals surface area contributed by atoms with E-state index in [0.29, 0.717) is 24.9 Å². The van der Waals surface area contributed by atoms with E-state index in [4.69, 9.17) is 9.47 Å². The first kappa shape index (κ1) is 17.2. The van der Waals surface area contributed by atoms with Gasteiger partial charge in [0.1, 0.15) is 5.75 Å². The highest BCUT2D eigenvalue weighted by molar-refractivity contribution is 5.76. The molecule has 0 bridgehead atoms. The van der Waals surface area contributed by atoms with Gasteiger partial charge in [0.25, 0.3) is 0 Å². The molecule has 0 aromatic heterocycles. The molecular formula is C19H28N2O3. The third-order valence-electron chi connectivity index (χ3n) is 5.06. The largest absolute Gasteiger partial charge is 0.494 e. The van der Waals surface area contributed by atoms with Gasteiger partial charge < -0.3 is 19.7 Å². The monoisotopic (exact) mass is 332 g/mol. The van der Waals surface area contributed by atoms with Crippen LogP contribution in [0.4, 0.5) is 0 Å². The van der Waals surface area contributed by atoms with Gasteiger partial charge in [0.2, 0.25) is 5.91 Å². The number of amides is 1. The lowest BCUT2D eigenvalue weighted by Crippen LogP contribution is -2.31. The molecule has 132 valence electrons. The van der Waals surface area contributed by atoms with Crippen LogP contribution in [0.1, 0.15) is 18.4 Å². The second-order valence-electron chi connectivity index (χ2n) is 6.82. The molecule has 0 radical (unpaired) electrons. The molecule has 0 spiro atoms. The highest BCUT2D eigenvalue weighted by Crippen LogP contribution is 2.26. The van der Waals surface area contributed by atoms with E-state index in [1.165, 1.54) is 5.56 Å². The van der Waals surface area contributed by atoms with Gasteiger partial charge in [0, 0.05) is 39.7 Å². The number of hydrogen-bond donors (Lipinski definition) is 1. The van der Waals surface area contributed by atoms with Crippen LogP contribution in [0.25, 0.3) is 0 Å². The number of likely N-dealkylation sites (tertiary alicyclic amines) is 1. The standard InChI is InChI=1S/C19H28N2O3/c1-23-10-8-15-4-6-18(7-5-15)24-9-2-3-19(22)21-13-16-11-20-12-17(16)14-21/h4-7,16-17,20H,2-3,8-14H2,1H3/t16-,17+. The predicted molar refractivity (Wildman–Crippen MR) is 93.2 cm³/mol. The van der Waals surface area contributed by atoms with E-state index in [-0.39, 0.29) is 5.91 Å². The lowest BCUT2D eigenvalue weighted by Gasteiger charge is -2.17. The molecule has 2 aliphatic rings. The molecular weight excluding hydrogens is 304 g/mol. The molecule has 2 aliphatic heterocycles. The molecule has 2 fully saturated rings. The van der Waals surface area contributed by atoms with E-state index in [2.05, 4.69) is 17.4 Å². The maximum Gasteiger partial charge on any atom is 0.222 e. The molecule has 5 heteroatoms. The van der Waals surface area contributed by atoms with Gasteiger partial charge in [-0.05, 0) is 42.4 Å². The van der Waals surface area contributed by atoms with Crippen LogP contribution in [0.15, 0.2) is 24.3 Å². The van der Waals surface area contributed by atoms with Crippen LogP contribution >= 0.6 is 0 Å². The Morgan fingerprint density at radius 2 is 1.88 bits per heavy atom. The topological polar surface area (TPSA) is 50.8 Å². The van der Waals surface area contributed by atoms with Crippen molar-refractivity contribution in [2.24, 2.45) is 11.8 Å². The van der Waals surface area contributed by atoms with Crippen LogP contribution < -0.4 is 10.1 Å². The van der Waals surface area contributed by atoms with Gasteiger partial charge in [0.05, 0.1) is 13.2 Å². The van der Waals surface area contributed by atoms with Crippen LogP contribution in [0.5, 0.6) is 5.75 Å². The van der Waals surface area contributed by atoms with Crippen molar-refractivity contribution in [3.63, 3.8) is 0 Å². The molecule has 0 aliphatic carbocycles. The fourth-order valence-electron chi connectivity index (χ4n) is 3.60. The van der Waals surface area contributed by atoms with Crippen molar-refractivity contribution in [3.8, 4) is 5.75 Å². The maximum atomic E-state index is 12.3. The lowest BCUT2D eigenvalue weighted by molar-refractivity contribution is -0.130. The Labute approximate surface area is 144 Å². The molecule has 2 atom stereocenters. The fourth-order valence-corrected chi connectivity index (χ4v) is 3.60. The molecule has 1 N–H and O–H groups in total. The molecule has 0 unspecified atom stereocenters. The zero-order valence-corrected chi connectivity index (χ0v) is 14.5. The number of rotatable bonds is 8. The number of nitrogens with zero attached hydrogens (tertiary/aromatic N) is 1. The molecule has 2 saturated heterocycles. The minimum absolute atomic E-state index is 0.280. The summed E-state index contributed by atoms with van der Waals surface area (Å²) in [6, 6.07) is 8.11. The van der Waals surface area contributed by atoms with E-state index in [9.17, 15) is 4.79 Å². The predicted octanol–water partition coefficient (Wildman–Crippen LogP) is 1.71. The molecule has 1 aromatic carbocycles. The van der Waals surface area contributed by atoms with E-state index in [1.807, 2.05) is 17.0 Å². The summed E-state index contributed by atoms with van der Waals surface area (Å²) in [5, 5.41) is 3.40. The number of hydrogen-bond acceptors (Lipinski definition) is 4. The molecule has 5 nitrogen and oxygen atoms in total. The Bertz CT molecular complexity index is 520. The Morgan fingerprint density at radius 3 is 2.54 bits per heavy atom. The highest BCUT2D eigenvalue weighted by atomic mass is 16.5. The van der Waals surface area contributed by atoms with Crippen LogP contribution in [-0.4, -0.2) is 57.3 Å². The van der Waals surface area contributed by atoms with Crippen LogP contribution in [0, 0.1) is 11.8 Å². The van der Waals surface area contributed by atoms with Gasteiger partial charge >= 0.3 is 0 Å². The smallest absolute Gasteiger partial charge is 0.222 e. The first-order valence-electron chi connectivity index (χ1n) is 8.95. The zero-order valence-electron chi connectivity index (χ0n) is 14.5. The number of carbonyl (C=O) groups excluding carboxylic acids is 1. The van der Waals surface area contributed by atoms with Gasteiger partial charge in [-0.1, -0.05) is 12.1 Å². The molecule has 2 heterocycles. The van der Waals surface area contributed by atoms with Crippen molar-refractivity contribution in [2.45, 2.75) is 19.3 Å². The summed E-state index contributed by atoms with van der Waals surface area (Å²) in [5.41, 5.74) is 1.24. The first-order valence-corrected chi connectivity index (χ1v) is 8.95. The number of nitrogens with one attached hydrogen (secondary N) is 1. The maximum absolute atomic E-state index is 12.3.